The number of aromatic hydroxyl groups is 2. The van der Waals surface area contributed by atoms with Gasteiger partial charge < -0.3 is 83.5 Å². The zero-order valence-electron chi connectivity index (χ0n) is 31.6. The minimum Gasteiger partial charge on any atom is -0.508 e. The molecule has 4 aliphatic heterocycles. The van der Waals surface area contributed by atoms with Crippen molar-refractivity contribution >= 4 is 24.1 Å². The molecule has 1 saturated carbocycles. The Hall–Kier alpha value is -4.64. The molecule has 59 heavy (non-hydrogen) atoms. The van der Waals surface area contributed by atoms with E-state index in [1.165, 1.54) is 62.8 Å². The van der Waals surface area contributed by atoms with E-state index in [1.54, 1.807) is 18.2 Å². The number of carbonyl (C=O) groups is 2. The van der Waals surface area contributed by atoms with Crippen LogP contribution >= 0.6 is 0 Å². The maximum atomic E-state index is 13.4. The van der Waals surface area contributed by atoms with Crippen LogP contribution in [0.15, 0.2) is 67.0 Å². The van der Waals surface area contributed by atoms with Crippen LogP contribution in [-0.2, 0) is 47.5 Å². The van der Waals surface area contributed by atoms with Gasteiger partial charge in [0.1, 0.15) is 48.0 Å². The second-order valence-electron chi connectivity index (χ2n) is 14.7. The van der Waals surface area contributed by atoms with Gasteiger partial charge in [0.15, 0.2) is 36.3 Å². The lowest BCUT2D eigenvalue weighted by atomic mass is 9.85. The van der Waals surface area contributed by atoms with Crippen LogP contribution in [0.3, 0.4) is 0 Å². The van der Waals surface area contributed by atoms with Crippen LogP contribution in [0, 0.1) is 11.8 Å². The Kier molecular flexibility index (Phi) is 12.6. The van der Waals surface area contributed by atoms with Crippen molar-refractivity contribution in [2.45, 2.75) is 92.4 Å². The van der Waals surface area contributed by atoms with Crippen molar-refractivity contribution in [2.75, 3.05) is 20.3 Å². The first-order chi connectivity index (χ1) is 28.3. The van der Waals surface area contributed by atoms with Gasteiger partial charge in [-0.05, 0) is 60.5 Å². The molecule has 0 bridgehead atoms. The second-order valence-corrected chi connectivity index (χ2v) is 14.7. The summed E-state index contributed by atoms with van der Waals surface area (Å²) in [5, 5.41) is 82.5. The van der Waals surface area contributed by atoms with Crippen molar-refractivity contribution in [2.24, 2.45) is 11.8 Å². The van der Waals surface area contributed by atoms with Crippen LogP contribution < -0.4 is 4.74 Å². The molecule has 0 spiro atoms. The summed E-state index contributed by atoms with van der Waals surface area (Å²) < 4.78 is 52.5. The Morgan fingerprint density at radius 1 is 0.780 bits per heavy atom. The van der Waals surface area contributed by atoms with Gasteiger partial charge in [0.2, 0.25) is 6.29 Å². The predicted molar refractivity (Wildman–Crippen MR) is 196 cm³/mol. The third-order valence-corrected chi connectivity index (χ3v) is 11.1. The molecule has 1 aliphatic carbocycles. The summed E-state index contributed by atoms with van der Waals surface area (Å²) in [5.74, 6) is -3.35. The average molecular weight is 831 g/mol. The van der Waals surface area contributed by atoms with E-state index in [4.69, 9.17) is 42.6 Å². The number of carbonyl (C=O) groups excluding carboxylic acids is 2. The van der Waals surface area contributed by atoms with Crippen LogP contribution in [0.1, 0.15) is 18.1 Å². The standard InChI is InChI=1S/C40H46O19/c1-18-29(47)34(55-26(45)12-7-20-5-10-23(44)24(15-20)51-2)35(56-27(46)11-6-19-3-8-21(43)9-4-19)39(53-18)57-33-22-13-14-52-37(28(22)40(17-42)36(33)59-40)58-38-32(50)31(49)30(48)25(16-41)54-38/h3-15,18,22,25,28-39,41-44,47-50H,16-17H2,1-2H3. The fraction of sp³-hybridized carbons (Fsp3) is 0.500. The van der Waals surface area contributed by atoms with Crippen LogP contribution in [0.4, 0.5) is 0 Å². The maximum absolute atomic E-state index is 13.4. The summed E-state index contributed by atoms with van der Waals surface area (Å²) in [4.78, 5) is 26.7. The van der Waals surface area contributed by atoms with E-state index in [0.717, 1.165) is 12.2 Å². The zero-order valence-corrected chi connectivity index (χ0v) is 31.6. The molecule has 320 valence electrons. The van der Waals surface area contributed by atoms with Crippen LogP contribution in [-0.4, -0.2) is 159 Å². The number of esters is 2. The highest BCUT2D eigenvalue weighted by Gasteiger charge is 2.77. The van der Waals surface area contributed by atoms with Crippen LogP contribution in [0.5, 0.6) is 17.2 Å². The third-order valence-electron chi connectivity index (χ3n) is 11.1. The normalized spacial score (nSPS) is 38.7. The van der Waals surface area contributed by atoms with Gasteiger partial charge in [0.05, 0.1) is 44.7 Å². The van der Waals surface area contributed by atoms with Crippen molar-refractivity contribution in [1.29, 1.82) is 0 Å². The van der Waals surface area contributed by atoms with Crippen LogP contribution in [0.2, 0.25) is 0 Å². The number of phenolic OH excluding ortho intramolecular Hbond substituents is 2. The molecule has 0 radical (unpaired) electrons. The molecule has 16 atom stereocenters. The smallest absolute Gasteiger partial charge is 0.331 e. The molecule has 8 N–H and O–H groups in total. The molecule has 16 unspecified atom stereocenters. The summed E-state index contributed by atoms with van der Waals surface area (Å²) in [6.07, 6.45) is -10.5. The molecule has 0 aromatic heterocycles. The number of hydrogen-bond acceptors (Lipinski definition) is 19. The number of benzene rings is 2. The monoisotopic (exact) mass is 830 g/mol. The minimum atomic E-state index is -1.75. The minimum absolute atomic E-state index is 0.0144. The number of fused-ring (bicyclic) bond motifs is 3. The number of phenols is 2. The highest BCUT2D eigenvalue weighted by molar-refractivity contribution is 5.88. The largest absolute Gasteiger partial charge is 0.508 e. The summed E-state index contributed by atoms with van der Waals surface area (Å²) in [6.45, 7) is 0.243. The molecule has 2 aromatic rings. The zero-order chi connectivity index (χ0) is 42.2. The molecular weight excluding hydrogens is 784 g/mol. The van der Waals surface area contributed by atoms with E-state index in [9.17, 15) is 50.4 Å². The quantitative estimate of drug-likeness (QED) is 0.0698. The summed E-state index contributed by atoms with van der Waals surface area (Å²) in [6, 6.07) is 10.3. The number of ether oxygens (including phenoxy) is 9. The number of epoxide rings is 1. The van der Waals surface area contributed by atoms with E-state index >= 15 is 0 Å². The number of hydrogen-bond donors (Lipinski definition) is 8. The number of methoxy groups -OCH3 is 1. The molecule has 19 nitrogen and oxygen atoms in total. The van der Waals surface area contributed by atoms with Crippen molar-refractivity contribution in [3.63, 3.8) is 0 Å². The van der Waals surface area contributed by atoms with Gasteiger partial charge in [0, 0.05) is 18.1 Å². The van der Waals surface area contributed by atoms with Gasteiger partial charge in [-0.2, -0.15) is 0 Å². The lowest BCUT2D eigenvalue weighted by molar-refractivity contribution is -0.347. The van der Waals surface area contributed by atoms with Crippen molar-refractivity contribution in [3.05, 3.63) is 78.1 Å². The van der Waals surface area contributed by atoms with Gasteiger partial charge in [-0.1, -0.05) is 18.2 Å². The lowest BCUT2D eigenvalue weighted by Crippen LogP contribution is -2.61. The molecule has 5 aliphatic rings. The molecular formula is C40H46O19. The Balaban J connectivity index is 1.14. The summed E-state index contributed by atoms with van der Waals surface area (Å²) in [5.41, 5.74) is -0.326. The predicted octanol–water partition coefficient (Wildman–Crippen LogP) is -0.790. The fourth-order valence-electron chi connectivity index (χ4n) is 7.88. The molecule has 0 amide bonds. The first kappa shape index (κ1) is 42.5. The summed E-state index contributed by atoms with van der Waals surface area (Å²) in [7, 11) is 1.37. The van der Waals surface area contributed by atoms with E-state index in [1.807, 2.05) is 0 Å². The van der Waals surface area contributed by atoms with E-state index in [0.29, 0.717) is 11.1 Å². The lowest BCUT2D eigenvalue weighted by Gasteiger charge is -2.44. The first-order valence-electron chi connectivity index (χ1n) is 18.8. The van der Waals surface area contributed by atoms with Crippen molar-refractivity contribution in [3.8, 4) is 17.2 Å². The van der Waals surface area contributed by atoms with Gasteiger partial charge in [0.25, 0.3) is 0 Å². The van der Waals surface area contributed by atoms with E-state index in [-0.39, 0.29) is 17.2 Å². The van der Waals surface area contributed by atoms with Gasteiger partial charge in [-0.3, -0.25) is 0 Å². The third kappa shape index (κ3) is 8.54. The van der Waals surface area contributed by atoms with E-state index < -0.39 is 122 Å². The number of aliphatic hydroxyl groups is 6. The Morgan fingerprint density at radius 2 is 1.46 bits per heavy atom. The van der Waals surface area contributed by atoms with Crippen molar-refractivity contribution in [1.82, 2.24) is 0 Å². The van der Waals surface area contributed by atoms with E-state index in [2.05, 4.69) is 0 Å². The SMILES string of the molecule is COc1cc(C=CC(=O)OC2C(O)C(C)OC(OC3C4C=COC(OC5OC(CO)C(O)C(O)C5O)C4C4(CO)OC34)C2OC(=O)C=Cc2ccc(O)cc2)ccc1O. The number of rotatable bonds is 13. The average Bonchev–Trinajstić information content (AvgIpc) is 3.91. The number of aliphatic hydroxyl groups excluding tert-OH is 6. The van der Waals surface area contributed by atoms with Gasteiger partial charge >= 0.3 is 11.9 Å². The molecule has 7 rings (SSSR count). The molecule has 2 aromatic carbocycles. The fourth-order valence-corrected chi connectivity index (χ4v) is 7.88. The topological polar surface area (TPSA) is 282 Å². The van der Waals surface area contributed by atoms with Gasteiger partial charge in [-0.15, -0.1) is 0 Å². The van der Waals surface area contributed by atoms with Gasteiger partial charge in [-0.25, -0.2) is 9.59 Å². The van der Waals surface area contributed by atoms with Crippen molar-refractivity contribution < 1.29 is 93.1 Å². The highest BCUT2D eigenvalue weighted by Crippen LogP contribution is 2.61. The Bertz CT molecular complexity index is 1900. The Morgan fingerprint density at radius 3 is 2.14 bits per heavy atom. The molecule has 4 fully saturated rings. The molecule has 3 saturated heterocycles. The highest BCUT2D eigenvalue weighted by atomic mass is 16.8. The van der Waals surface area contributed by atoms with Crippen LogP contribution in [0.25, 0.3) is 12.2 Å². The maximum Gasteiger partial charge on any atom is 0.331 e. The first-order valence-corrected chi connectivity index (χ1v) is 18.8. The second kappa shape index (κ2) is 17.5. The molecule has 4 heterocycles. The Labute approximate surface area is 336 Å². The summed E-state index contributed by atoms with van der Waals surface area (Å²) >= 11 is 0. The molecule has 19 heteroatoms.